The second-order valence-corrected chi connectivity index (χ2v) is 6.49. The first-order valence-corrected chi connectivity index (χ1v) is 8.89. The molecule has 2 heterocycles. The van der Waals surface area contributed by atoms with Gasteiger partial charge in [-0.1, -0.05) is 18.2 Å². The molecular formula is C19H24N2O5. The van der Waals surface area contributed by atoms with Crippen molar-refractivity contribution in [1.29, 1.82) is 0 Å². The van der Waals surface area contributed by atoms with Crippen LogP contribution in [0.15, 0.2) is 30.5 Å². The molecule has 1 saturated heterocycles. The summed E-state index contributed by atoms with van der Waals surface area (Å²) in [4.78, 5) is 26.2. The van der Waals surface area contributed by atoms with Gasteiger partial charge in [0.05, 0.1) is 18.8 Å². The minimum Gasteiger partial charge on any atom is -0.480 e. The topological polar surface area (TPSA) is 101 Å². The van der Waals surface area contributed by atoms with Gasteiger partial charge in [-0.05, 0) is 30.9 Å². The molecule has 2 atom stereocenters. The van der Waals surface area contributed by atoms with Crippen LogP contribution in [0.3, 0.4) is 0 Å². The molecule has 1 aromatic heterocycles. The third-order valence-corrected chi connectivity index (χ3v) is 4.59. The zero-order valence-electron chi connectivity index (χ0n) is 14.6. The summed E-state index contributed by atoms with van der Waals surface area (Å²) in [6.45, 7) is 0.493. The van der Waals surface area contributed by atoms with Crippen LogP contribution in [-0.2, 0) is 25.5 Å². The van der Waals surface area contributed by atoms with Crippen molar-refractivity contribution >= 4 is 22.8 Å². The number of ether oxygens (including phenoxy) is 2. The molecule has 1 aromatic carbocycles. The smallest absolute Gasteiger partial charge is 0.329 e. The van der Waals surface area contributed by atoms with Crippen LogP contribution in [0.25, 0.3) is 10.9 Å². The number of nitrogens with one attached hydrogen (secondary N) is 2. The first kappa shape index (κ1) is 18.4. The molecule has 2 aromatic rings. The molecule has 3 rings (SSSR count). The monoisotopic (exact) mass is 360 g/mol. The predicted octanol–water partition coefficient (Wildman–Crippen LogP) is 1.87. The zero-order chi connectivity index (χ0) is 18.4. The van der Waals surface area contributed by atoms with Crippen LogP contribution in [-0.4, -0.2) is 53.9 Å². The highest BCUT2D eigenvalue weighted by Gasteiger charge is 2.28. The lowest BCUT2D eigenvalue weighted by atomic mass is 10.0. The van der Waals surface area contributed by atoms with Crippen molar-refractivity contribution in [2.45, 2.75) is 37.8 Å². The molecule has 140 valence electrons. The van der Waals surface area contributed by atoms with E-state index in [-0.39, 0.29) is 24.7 Å². The molecule has 0 radical (unpaired) electrons. The number of carboxylic acids is 1. The minimum absolute atomic E-state index is 0.0655. The van der Waals surface area contributed by atoms with Gasteiger partial charge < -0.3 is 24.9 Å². The maximum atomic E-state index is 12.2. The highest BCUT2D eigenvalue weighted by atomic mass is 16.5. The van der Waals surface area contributed by atoms with Crippen LogP contribution in [0.5, 0.6) is 0 Å². The van der Waals surface area contributed by atoms with E-state index < -0.39 is 5.97 Å². The number of rotatable bonds is 8. The number of para-hydroxylation sites is 1. The second kappa shape index (κ2) is 8.82. The minimum atomic E-state index is -1.01. The van der Waals surface area contributed by atoms with Crippen LogP contribution in [0.4, 0.5) is 0 Å². The maximum absolute atomic E-state index is 12.2. The Morgan fingerprint density at radius 1 is 1.35 bits per heavy atom. The Kier molecular flexibility index (Phi) is 6.25. The molecule has 7 nitrogen and oxygen atoms in total. The van der Waals surface area contributed by atoms with Crippen molar-refractivity contribution in [1.82, 2.24) is 10.3 Å². The number of H-pyrrole nitrogens is 1. The lowest BCUT2D eigenvalue weighted by molar-refractivity contribution is -0.148. The molecule has 7 heteroatoms. The molecular weight excluding hydrogens is 336 g/mol. The van der Waals surface area contributed by atoms with Gasteiger partial charge in [0, 0.05) is 30.1 Å². The summed E-state index contributed by atoms with van der Waals surface area (Å²) in [5, 5.41) is 12.9. The van der Waals surface area contributed by atoms with E-state index >= 15 is 0 Å². The van der Waals surface area contributed by atoms with Crippen LogP contribution in [0, 0.1) is 0 Å². The molecule has 3 N–H and O–H groups in total. The molecule has 1 aliphatic rings. The van der Waals surface area contributed by atoms with Crippen LogP contribution < -0.4 is 5.32 Å². The number of carbonyl (C=O) groups is 2. The standard InChI is InChI=1S/C19H24N2O5/c22-18(21-16-11-25-9-8-17(16)26-12-19(23)24)7-3-4-13-10-20-15-6-2-1-5-14(13)15/h1-2,5-6,10,16-17,20H,3-4,7-9,11-12H2,(H,21,22)(H,23,24)/t16-,17+/m0/s1. The predicted molar refractivity (Wildman–Crippen MR) is 96.0 cm³/mol. The van der Waals surface area contributed by atoms with E-state index in [2.05, 4.69) is 16.4 Å². The number of aromatic amines is 1. The molecule has 0 bridgehead atoms. The first-order valence-electron chi connectivity index (χ1n) is 8.89. The van der Waals surface area contributed by atoms with Gasteiger partial charge >= 0.3 is 5.97 Å². The number of carbonyl (C=O) groups excluding carboxylic acids is 1. The van der Waals surface area contributed by atoms with E-state index in [0.717, 1.165) is 18.4 Å². The van der Waals surface area contributed by atoms with Gasteiger partial charge in [-0.25, -0.2) is 4.79 Å². The van der Waals surface area contributed by atoms with Crippen molar-refractivity contribution in [3.8, 4) is 0 Å². The second-order valence-electron chi connectivity index (χ2n) is 6.49. The third-order valence-electron chi connectivity index (χ3n) is 4.59. The van der Waals surface area contributed by atoms with Crippen LogP contribution >= 0.6 is 0 Å². The van der Waals surface area contributed by atoms with Gasteiger partial charge in [-0.2, -0.15) is 0 Å². The molecule has 0 aliphatic carbocycles. The normalized spacial score (nSPS) is 20.2. The van der Waals surface area contributed by atoms with E-state index in [9.17, 15) is 9.59 Å². The Bertz CT molecular complexity index is 757. The van der Waals surface area contributed by atoms with E-state index in [0.29, 0.717) is 26.1 Å². The average molecular weight is 360 g/mol. The summed E-state index contributed by atoms with van der Waals surface area (Å²) < 4.78 is 10.8. The summed E-state index contributed by atoms with van der Waals surface area (Å²) in [7, 11) is 0. The fourth-order valence-corrected chi connectivity index (χ4v) is 3.29. The molecule has 0 spiro atoms. The number of amides is 1. The SMILES string of the molecule is O=C(O)CO[C@@H]1CCOC[C@@H]1NC(=O)CCCc1c[nH]c2ccccc12. The number of fused-ring (bicyclic) bond motifs is 1. The number of aryl methyl sites for hydroxylation is 1. The summed E-state index contributed by atoms with van der Waals surface area (Å²) in [6.07, 6.45) is 4.21. The summed E-state index contributed by atoms with van der Waals surface area (Å²) in [5.41, 5.74) is 2.31. The van der Waals surface area contributed by atoms with Gasteiger partial charge in [0.15, 0.2) is 0 Å². The van der Waals surface area contributed by atoms with Crippen LogP contribution in [0.2, 0.25) is 0 Å². The lowest BCUT2D eigenvalue weighted by Crippen LogP contribution is -2.50. The quantitative estimate of drug-likeness (QED) is 0.667. The van der Waals surface area contributed by atoms with Gasteiger partial charge in [0.2, 0.25) is 5.91 Å². The van der Waals surface area contributed by atoms with E-state index in [1.54, 1.807) is 0 Å². The molecule has 1 fully saturated rings. The maximum Gasteiger partial charge on any atom is 0.329 e. The van der Waals surface area contributed by atoms with Gasteiger partial charge in [-0.15, -0.1) is 0 Å². The summed E-state index contributed by atoms with van der Waals surface area (Å²) in [5.74, 6) is -1.08. The highest BCUT2D eigenvalue weighted by Crippen LogP contribution is 2.19. The number of aromatic nitrogens is 1. The fourth-order valence-electron chi connectivity index (χ4n) is 3.29. The Labute approximate surface area is 151 Å². The third kappa shape index (κ3) is 4.83. The Hall–Kier alpha value is -2.38. The van der Waals surface area contributed by atoms with Crippen molar-refractivity contribution < 1.29 is 24.2 Å². The Morgan fingerprint density at radius 3 is 3.04 bits per heavy atom. The number of hydrogen-bond donors (Lipinski definition) is 3. The Balaban J connectivity index is 1.46. The molecule has 0 unspecified atom stereocenters. The first-order chi connectivity index (χ1) is 12.6. The fraction of sp³-hybridized carbons (Fsp3) is 0.474. The van der Waals surface area contributed by atoms with Gasteiger partial charge in [0.25, 0.3) is 0 Å². The van der Waals surface area contributed by atoms with Crippen molar-refractivity contribution in [3.05, 3.63) is 36.0 Å². The molecule has 1 amide bonds. The van der Waals surface area contributed by atoms with Gasteiger partial charge in [-0.3, -0.25) is 4.79 Å². The largest absolute Gasteiger partial charge is 0.480 e. The van der Waals surface area contributed by atoms with Crippen molar-refractivity contribution in [2.24, 2.45) is 0 Å². The van der Waals surface area contributed by atoms with Crippen molar-refractivity contribution in [3.63, 3.8) is 0 Å². The van der Waals surface area contributed by atoms with Gasteiger partial charge in [0.1, 0.15) is 6.61 Å². The average Bonchev–Trinajstić information content (AvgIpc) is 3.04. The van der Waals surface area contributed by atoms with Crippen LogP contribution in [0.1, 0.15) is 24.8 Å². The Morgan fingerprint density at radius 2 is 2.19 bits per heavy atom. The van der Waals surface area contributed by atoms with Crippen molar-refractivity contribution in [2.75, 3.05) is 19.8 Å². The lowest BCUT2D eigenvalue weighted by Gasteiger charge is -2.31. The molecule has 1 aliphatic heterocycles. The highest BCUT2D eigenvalue weighted by molar-refractivity contribution is 5.83. The summed E-state index contributed by atoms with van der Waals surface area (Å²) >= 11 is 0. The summed E-state index contributed by atoms with van der Waals surface area (Å²) in [6, 6.07) is 7.80. The van der Waals surface area contributed by atoms with E-state index in [1.807, 2.05) is 24.4 Å². The molecule has 26 heavy (non-hydrogen) atoms. The van der Waals surface area contributed by atoms with E-state index in [4.69, 9.17) is 14.6 Å². The zero-order valence-corrected chi connectivity index (χ0v) is 14.6. The number of benzene rings is 1. The van der Waals surface area contributed by atoms with E-state index in [1.165, 1.54) is 10.9 Å². The number of hydrogen-bond acceptors (Lipinski definition) is 4. The molecule has 0 saturated carbocycles. The number of carboxylic acid groups (broad SMARTS) is 1. The number of aliphatic carboxylic acids is 1.